The van der Waals surface area contributed by atoms with E-state index >= 15 is 0 Å². The lowest BCUT2D eigenvalue weighted by Crippen LogP contribution is -2.20. The van der Waals surface area contributed by atoms with E-state index in [1.54, 1.807) is 10.6 Å². The van der Waals surface area contributed by atoms with Crippen molar-refractivity contribution < 1.29 is 13.2 Å². The molecule has 0 saturated heterocycles. The Bertz CT molecular complexity index is 1280. The monoisotopic (exact) mass is 437 g/mol. The zero-order valence-corrected chi connectivity index (χ0v) is 16.9. The van der Waals surface area contributed by atoms with Crippen molar-refractivity contribution in [2.45, 2.75) is 29.3 Å². The quantitative estimate of drug-likeness (QED) is 0.439. The predicted molar refractivity (Wildman–Crippen MR) is 107 cm³/mol. The van der Waals surface area contributed by atoms with E-state index in [0.29, 0.717) is 22.1 Å². The molecule has 0 atom stereocenters. The molecule has 0 unspecified atom stereocenters. The summed E-state index contributed by atoms with van der Waals surface area (Å²) in [5.74, 6) is 1.51. The maximum absolute atomic E-state index is 13.1. The topological polar surface area (TPSA) is 65.1 Å². The van der Waals surface area contributed by atoms with Crippen LogP contribution in [0.5, 0.6) is 0 Å². The maximum Gasteiger partial charge on any atom is 0.446 e. The molecule has 3 heterocycles. The van der Waals surface area contributed by atoms with Gasteiger partial charge in [0.1, 0.15) is 11.4 Å². The number of fused-ring (bicyclic) bond motifs is 2. The fraction of sp³-hybridized carbons (Fsp3) is 0.222. The second-order valence-corrected chi connectivity index (χ2v) is 8.51. The van der Waals surface area contributed by atoms with Gasteiger partial charge in [0.25, 0.3) is 5.56 Å². The number of benzene rings is 1. The van der Waals surface area contributed by atoms with Gasteiger partial charge >= 0.3 is 5.51 Å². The van der Waals surface area contributed by atoms with Gasteiger partial charge in [-0.15, -0.1) is 11.8 Å². The van der Waals surface area contributed by atoms with E-state index < -0.39 is 11.1 Å². The molecule has 29 heavy (non-hydrogen) atoms. The third kappa shape index (κ3) is 3.84. The lowest BCUT2D eigenvalue weighted by atomic mass is 10.2. The van der Waals surface area contributed by atoms with Crippen molar-refractivity contribution in [3.63, 3.8) is 0 Å². The molecule has 0 N–H and O–H groups in total. The highest BCUT2D eigenvalue weighted by molar-refractivity contribution is 8.00. The van der Waals surface area contributed by atoms with Crippen LogP contribution in [0.25, 0.3) is 22.5 Å². The van der Waals surface area contributed by atoms with Gasteiger partial charge in [0, 0.05) is 17.3 Å². The Morgan fingerprint density at radius 3 is 2.72 bits per heavy atom. The van der Waals surface area contributed by atoms with Crippen LogP contribution < -0.4 is 5.56 Å². The number of imidazole rings is 1. The Morgan fingerprint density at radius 1 is 1.21 bits per heavy atom. The average molecular weight is 437 g/mol. The minimum absolute atomic E-state index is 0.0721. The van der Waals surface area contributed by atoms with E-state index in [4.69, 9.17) is 0 Å². The van der Waals surface area contributed by atoms with Gasteiger partial charge in [-0.25, -0.2) is 14.5 Å². The average Bonchev–Trinajstić information content (AvgIpc) is 2.99. The Balaban J connectivity index is 1.93. The molecular weight excluding hydrogens is 423 g/mol. The number of alkyl halides is 3. The summed E-state index contributed by atoms with van der Waals surface area (Å²) in [6.45, 7) is 3.87. The first-order valence-electron chi connectivity index (χ1n) is 8.52. The number of hydrogen-bond donors (Lipinski definition) is 0. The second-order valence-electron chi connectivity index (χ2n) is 6.12. The lowest BCUT2D eigenvalue weighted by molar-refractivity contribution is -0.0328. The van der Waals surface area contributed by atoms with Gasteiger partial charge in [0.05, 0.1) is 10.9 Å². The molecule has 0 aliphatic rings. The first kappa shape index (κ1) is 19.8. The van der Waals surface area contributed by atoms with Gasteiger partial charge in [-0.3, -0.25) is 9.20 Å². The molecule has 0 spiro atoms. The fourth-order valence-electron chi connectivity index (χ4n) is 2.88. The Hall–Kier alpha value is -2.53. The normalized spacial score (nSPS) is 12.2. The highest BCUT2D eigenvalue weighted by Crippen LogP contribution is 2.37. The minimum atomic E-state index is -4.44. The van der Waals surface area contributed by atoms with Gasteiger partial charge < -0.3 is 0 Å². The molecule has 150 valence electrons. The third-order valence-electron chi connectivity index (χ3n) is 4.02. The molecule has 3 aromatic heterocycles. The first-order valence-corrected chi connectivity index (χ1v) is 10.3. The summed E-state index contributed by atoms with van der Waals surface area (Å²) in [7, 11) is 0. The van der Waals surface area contributed by atoms with E-state index in [2.05, 4.69) is 15.0 Å². The molecule has 0 amide bonds. The zero-order chi connectivity index (χ0) is 20.8. The number of hydrogen-bond acceptors (Lipinski definition) is 6. The van der Waals surface area contributed by atoms with Crippen LogP contribution in [0, 0.1) is 6.92 Å². The lowest BCUT2D eigenvalue weighted by Gasteiger charge is -2.09. The second kappa shape index (κ2) is 7.38. The van der Waals surface area contributed by atoms with Crippen molar-refractivity contribution in [3.8, 4) is 5.82 Å². The molecule has 0 bridgehead atoms. The van der Waals surface area contributed by atoms with Crippen molar-refractivity contribution in [1.82, 2.24) is 23.9 Å². The number of nitrogens with zero attached hydrogens (tertiary/aromatic N) is 5. The molecule has 0 fully saturated rings. The predicted octanol–water partition coefficient (Wildman–Crippen LogP) is 4.46. The Labute approximate surface area is 171 Å². The summed E-state index contributed by atoms with van der Waals surface area (Å²) in [4.78, 5) is 26.0. The molecule has 0 aliphatic carbocycles. The van der Waals surface area contributed by atoms with Gasteiger partial charge in [-0.1, -0.05) is 6.92 Å². The summed E-state index contributed by atoms with van der Waals surface area (Å²) >= 11 is 1.22. The van der Waals surface area contributed by atoms with E-state index in [9.17, 15) is 18.0 Å². The van der Waals surface area contributed by atoms with E-state index in [1.165, 1.54) is 40.9 Å². The molecule has 11 heteroatoms. The van der Waals surface area contributed by atoms with E-state index in [0.717, 1.165) is 11.3 Å². The van der Waals surface area contributed by atoms with Crippen molar-refractivity contribution in [2.24, 2.45) is 0 Å². The summed E-state index contributed by atoms with van der Waals surface area (Å²) in [5, 5.41) is 0.804. The van der Waals surface area contributed by atoms with Gasteiger partial charge in [-0.05, 0) is 48.2 Å². The molecule has 0 saturated carbocycles. The van der Waals surface area contributed by atoms with Gasteiger partial charge in [0.2, 0.25) is 5.78 Å². The molecule has 4 aromatic rings. The summed E-state index contributed by atoms with van der Waals surface area (Å²) < 4.78 is 41.2. The SMILES string of the molecule is CCSc1c(-n2cnc3ccc(SC(F)(F)F)cc3c2=O)nc2ncc(C)cn12. The van der Waals surface area contributed by atoms with Crippen LogP contribution in [0.4, 0.5) is 13.2 Å². The molecule has 0 aliphatic heterocycles. The number of aromatic nitrogens is 5. The van der Waals surface area contributed by atoms with Crippen molar-refractivity contribution in [1.29, 1.82) is 0 Å². The van der Waals surface area contributed by atoms with Crippen molar-refractivity contribution in [2.75, 3.05) is 5.75 Å². The Morgan fingerprint density at radius 2 is 2.00 bits per heavy atom. The number of rotatable bonds is 4. The van der Waals surface area contributed by atoms with Crippen LogP contribution in [0.2, 0.25) is 0 Å². The van der Waals surface area contributed by atoms with Crippen LogP contribution in [0.15, 0.2) is 51.6 Å². The summed E-state index contributed by atoms with van der Waals surface area (Å²) in [6.07, 6.45) is 4.89. The number of thioether (sulfide) groups is 2. The van der Waals surface area contributed by atoms with Crippen molar-refractivity contribution in [3.05, 3.63) is 52.8 Å². The third-order valence-corrected chi connectivity index (χ3v) is 5.68. The minimum Gasteiger partial charge on any atom is -0.276 e. The molecule has 0 radical (unpaired) electrons. The molecular formula is C18H14F3N5OS2. The van der Waals surface area contributed by atoms with Crippen LogP contribution in [-0.4, -0.2) is 35.2 Å². The highest BCUT2D eigenvalue weighted by atomic mass is 32.2. The summed E-state index contributed by atoms with van der Waals surface area (Å²) in [5.41, 5.74) is -3.68. The van der Waals surface area contributed by atoms with Crippen LogP contribution in [-0.2, 0) is 0 Å². The number of halogens is 3. The fourth-order valence-corrected chi connectivity index (χ4v) is 4.28. The van der Waals surface area contributed by atoms with Gasteiger partial charge in [-0.2, -0.15) is 18.2 Å². The maximum atomic E-state index is 13.1. The standard InChI is InChI=1S/C18H14F3N5OS2/c1-3-28-16-14(24-17-22-7-10(2)8-25(16)17)26-9-23-13-5-4-11(29-18(19,20)21)6-12(13)15(26)27/h4-9H,3H2,1-2H3. The van der Waals surface area contributed by atoms with Gasteiger partial charge in [0.15, 0.2) is 5.82 Å². The molecule has 1 aromatic carbocycles. The number of aryl methyl sites for hydroxylation is 1. The van der Waals surface area contributed by atoms with Crippen LogP contribution in [0.3, 0.4) is 0 Å². The molecule has 4 rings (SSSR count). The van der Waals surface area contributed by atoms with Crippen LogP contribution in [0.1, 0.15) is 12.5 Å². The van der Waals surface area contributed by atoms with E-state index in [1.807, 2.05) is 20.0 Å². The largest absolute Gasteiger partial charge is 0.446 e. The van der Waals surface area contributed by atoms with Crippen LogP contribution >= 0.6 is 23.5 Å². The van der Waals surface area contributed by atoms with Crippen molar-refractivity contribution >= 4 is 40.2 Å². The zero-order valence-electron chi connectivity index (χ0n) is 15.3. The molecule has 6 nitrogen and oxygen atoms in total. The van der Waals surface area contributed by atoms with E-state index in [-0.39, 0.29) is 22.0 Å². The summed E-state index contributed by atoms with van der Waals surface area (Å²) in [6, 6.07) is 3.92. The Kier molecular flexibility index (Phi) is 5.03. The smallest absolute Gasteiger partial charge is 0.276 e. The first-order chi connectivity index (χ1) is 13.8. The highest BCUT2D eigenvalue weighted by Gasteiger charge is 2.29.